The van der Waals surface area contributed by atoms with Gasteiger partial charge in [0.15, 0.2) is 0 Å². The third-order valence-electron chi connectivity index (χ3n) is 4.80. The van der Waals surface area contributed by atoms with Crippen LogP contribution >= 0.6 is 0 Å². The Kier molecular flexibility index (Phi) is 6.23. The number of nitrogens with two attached hydrogens (primary N) is 1. The Balaban J connectivity index is 2.12. The fourth-order valence-electron chi connectivity index (χ4n) is 2.96. The average Bonchev–Trinajstić information content (AvgIpc) is 2.61. The van der Waals surface area contributed by atoms with E-state index in [9.17, 15) is 23.3 Å². The molecule has 0 saturated carbocycles. The van der Waals surface area contributed by atoms with E-state index in [1.807, 2.05) is 13.8 Å². The van der Waals surface area contributed by atoms with Crippen LogP contribution in [0.25, 0.3) is 0 Å². The highest BCUT2D eigenvalue weighted by molar-refractivity contribution is 7.89. The minimum atomic E-state index is -3.86. The van der Waals surface area contributed by atoms with Crippen molar-refractivity contribution in [3.63, 3.8) is 0 Å². The number of rotatable bonds is 6. The van der Waals surface area contributed by atoms with E-state index in [0.29, 0.717) is 24.9 Å². The number of non-ortho nitro benzene ring substituents is 1. The molecule has 1 aliphatic rings. The molecule has 1 heterocycles. The smallest absolute Gasteiger partial charge is 0.270 e. The molecule has 0 bridgehead atoms. The number of carbonyl (C=O) groups excluding carboxylic acids is 1. The molecule has 0 atom stereocenters. The van der Waals surface area contributed by atoms with Crippen LogP contribution in [0.5, 0.6) is 0 Å². The van der Waals surface area contributed by atoms with Crippen LogP contribution in [0.3, 0.4) is 0 Å². The largest absolute Gasteiger partial charge is 0.350 e. The molecule has 2 rings (SSSR count). The predicted octanol–water partition coefficient (Wildman–Crippen LogP) is 1.16. The maximum absolute atomic E-state index is 12.9. The number of nitrogens with zero attached hydrogens (tertiary/aromatic N) is 2. The number of hydrogen-bond donors (Lipinski definition) is 2. The topological polar surface area (TPSA) is 136 Å². The first-order valence-electron chi connectivity index (χ1n) is 8.75. The molecular formula is C17H26N4O5S. The van der Waals surface area contributed by atoms with Gasteiger partial charge in [0.05, 0.1) is 9.82 Å². The van der Waals surface area contributed by atoms with Gasteiger partial charge in [0, 0.05) is 43.2 Å². The van der Waals surface area contributed by atoms with Gasteiger partial charge in [0.1, 0.15) is 0 Å². The number of benzene rings is 1. The molecule has 0 aromatic heterocycles. The number of hydrogen-bond acceptors (Lipinski definition) is 6. The summed E-state index contributed by atoms with van der Waals surface area (Å²) < 4.78 is 27.1. The van der Waals surface area contributed by atoms with Crippen LogP contribution in [-0.2, 0) is 14.8 Å². The van der Waals surface area contributed by atoms with Crippen molar-refractivity contribution in [2.75, 3.05) is 19.6 Å². The number of nitro groups is 1. The second-order valence-electron chi connectivity index (χ2n) is 7.46. The van der Waals surface area contributed by atoms with E-state index in [1.54, 1.807) is 6.92 Å². The SMILES string of the molecule is Cc1ccc([N+](=O)[O-])cc1S(=O)(=O)N1CCC(C(=O)NC(C)(C)CN)CC1. The second-order valence-corrected chi connectivity index (χ2v) is 9.37. The van der Waals surface area contributed by atoms with Gasteiger partial charge in [0.2, 0.25) is 15.9 Å². The molecule has 1 amide bonds. The lowest BCUT2D eigenvalue weighted by Gasteiger charge is -2.33. The van der Waals surface area contributed by atoms with Gasteiger partial charge in [-0.15, -0.1) is 0 Å². The van der Waals surface area contributed by atoms with E-state index < -0.39 is 20.5 Å². The van der Waals surface area contributed by atoms with E-state index in [-0.39, 0.29) is 35.5 Å². The van der Waals surface area contributed by atoms with Crippen molar-refractivity contribution in [2.24, 2.45) is 11.7 Å². The molecular weight excluding hydrogens is 372 g/mol. The Hall–Kier alpha value is -2.04. The monoisotopic (exact) mass is 398 g/mol. The zero-order valence-corrected chi connectivity index (χ0v) is 16.6. The van der Waals surface area contributed by atoms with E-state index in [2.05, 4.69) is 5.32 Å². The lowest BCUT2D eigenvalue weighted by atomic mass is 9.95. The van der Waals surface area contributed by atoms with Crippen molar-refractivity contribution in [3.8, 4) is 0 Å². The lowest BCUT2D eigenvalue weighted by molar-refractivity contribution is -0.385. The number of piperidine rings is 1. The maximum atomic E-state index is 12.9. The molecule has 9 nitrogen and oxygen atoms in total. The van der Waals surface area contributed by atoms with E-state index in [0.717, 1.165) is 6.07 Å². The van der Waals surface area contributed by atoms with Crippen molar-refractivity contribution in [1.29, 1.82) is 0 Å². The Labute approximate surface area is 159 Å². The zero-order valence-electron chi connectivity index (χ0n) is 15.8. The minimum Gasteiger partial charge on any atom is -0.350 e. The van der Waals surface area contributed by atoms with Crippen molar-refractivity contribution >= 4 is 21.6 Å². The number of amides is 1. The first-order chi connectivity index (χ1) is 12.5. The molecule has 27 heavy (non-hydrogen) atoms. The summed E-state index contributed by atoms with van der Waals surface area (Å²) in [4.78, 5) is 22.6. The number of nitro benzene ring substituents is 1. The van der Waals surface area contributed by atoms with Crippen LogP contribution in [-0.4, -0.2) is 48.7 Å². The van der Waals surface area contributed by atoms with Gasteiger partial charge in [-0.25, -0.2) is 8.42 Å². The Morgan fingerprint density at radius 3 is 2.48 bits per heavy atom. The summed E-state index contributed by atoms with van der Waals surface area (Å²) in [6.45, 7) is 5.94. The van der Waals surface area contributed by atoms with Crippen LogP contribution < -0.4 is 11.1 Å². The van der Waals surface area contributed by atoms with Gasteiger partial charge < -0.3 is 11.1 Å². The van der Waals surface area contributed by atoms with Gasteiger partial charge in [-0.3, -0.25) is 14.9 Å². The highest BCUT2D eigenvalue weighted by Gasteiger charge is 2.34. The van der Waals surface area contributed by atoms with Gasteiger partial charge in [-0.1, -0.05) is 6.07 Å². The highest BCUT2D eigenvalue weighted by Crippen LogP contribution is 2.28. The number of aryl methyl sites for hydroxylation is 1. The summed E-state index contributed by atoms with van der Waals surface area (Å²) in [6.07, 6.45) is 0.777. The molecule has 1 aliphatic heterocycles. The Morgan fingerprint density at radius 1 is 1.37 bits per heavy atom. The minimum absolute atomic E-state index is 0.0659. The molecule has 0 spiro atoms. The number of carbonyl (C=O) groups is 1. The molecule has 1 aromatic rings. The molecule has 10 heteroatoms. The molecule has 1 saturated heterocycles. The molecule has 0 unspecified atom stereocenters. The quantitative estimate of drug-likeness (QED) is 0.545. The third-order valence-corrected chi connectivity index (χ3v) is 6.84. The van der Waals surface area contributed by atoms with Crippen molar-refractivity contribution in [2.45, 2.75) is 44.0 Å². The van der Waals surface area contributed by atoms with Crippen LogP contribution in [0.4, 0.5) is 5.69 Å². The van der Waals surface area contributed by atoms with Gasteiger partial charge in [-0.05, 0) is 39.2 Å². The van der Waals surface area contributed by atoms with Crippen LogP contribution in [0.1, 0.15) is 32.3 Å². The van der Waals surface area contributed by atoms with Crippen LogP contribution in [0.15, 0.2) is 23.1 Å². The molecule has 1 aromatic carbocycles. The summed E-state index contributed by atoms with van der Waals surface area (Å²) in [5.74, 6) is -0.414. The summed E-state index contributed by atoms with van der Waals surface area (Å²) in [7, 11) is -3.86. The van der Waals surface area contributed by atoms with Gasteiger partial charge in [-0.2, -0.15) is 4.31 Å². The highest BCUT2D eigenvalue weighted by atomic mass is 32.2. The number of sulfonamides is 1. The second kappa shape index (κ2) is 7.91. The van der Waals surface area contributed by atoms with E-state index in [4.69, 9.17) is 5.73 Å². The summed E-state index contributed by atoms with van der Waals surface area (Å²) >= 11 is 0. The van der Waals surface area contributed by atoms with Crippen molar-refractivity contribution in [1.82, 2.24) is 9.62 Å². The summed E-state index contributed by atoms with van der Waals surface area (Å²) in [5.41, 5.74) is 5.29. The fourth-order valence-corrected chi connectivity index (χ4v) is 4.68. The van der Waals surface area contributed by atoms with E-state index in [1.165, 1.54) is 16.4 Å². The summed E-state index contributed by atoms with van der Waals surface area (Å²) in [6, 6.07) is 3.80. The first-order valence-corrected chi connectivity index (χ1v) is 10.2. The molecule has 3 N–H and O–H groups in total. The van der Waals surface area contributed by atoms with Gasteiger partial charge >= 0.3 is 0 Å². The van der Waals surface area contributed by atoms with Crippen molar-refractivity contribution in [3.05, 3.63) is 33.9 Å². The fraction of sp³-hybridized carbons (Fsp3) is 0.588. The van der Waals surface area contributed by atoms with Crippen LogP contribution in [0.2, 0.25) is 0 Å². The standard InChI is InChI=1S/C17H26N4O5S/c1-12-4-5-14(21(23)24)10-15(12)27(25,26)20-8-6-13(7-9-20)16(22)19-17(2,3)11-18/h4-5,10,13H,6-9,11,18H2,1-3H3,(H,19,22). The normalized spacial score (nSPS) is 16.9. The molecule has 0 aliphatic carbocycles. The zero-order chi connectivity index (χ0) is 20.4. The average molecular weight is 398 g/mol. The Bertz CT molecular complexity index is 830. The third kappa shape index (κ3) is 4.82. The van der Waals surface area contributed by atoms with Crippen LogP contribution in [0, 0.1) is 23.0 Å². The summed E-state index contributed by atoms with van der Waals surface area (Å²) in [5, 5.41) is 13.9. The first kappa shape index (κ1) is 21.3. The van der Waals surface area contributed by atoms with Crippen molar-refractivity contribution < 1.29 is 18.1 Å². The molecule has 0 radical (unpaired) electrons. The maximum Gasteiger partial charge on any atom is 0.270 e. The van der Waals surface area contributed by atoms with Gasteiger partial charge in [0.25, 0.3) is 5.69 Å². The molecule has 150 valence electrons. The number of nitrogens with one attached hydrogen (secondary N) is 1. The molecule has 1 fully saturated rings. The van der Waals surface area contributed by atoms with E-state index >= 15 is 0 Å². The lowest BCUT2D eigenvalue weighted by Crippen LogP contribution is -2.52. The Morgan fingerprint density at radius 2 is 1.96 bits per heavy atom. The predicted molar refractivity (Wildman–Crippen MR) is 101 cm³/mol.